The van der Waals surface area contributed by atoms with E-state index >= 15 is 0 Å². The summed E-state index contributed by atoms with van der Waals surface area (Å²) in [7, 11) is 0. The number of aryl methyl sites for hydroxylation is 3. The topological polar surface area (TPSA) is 45.7 Å². The average molecular weight is 380 g/mol. The maximum absolute atomic E-state index is 6.37. The summed E-state index contributed by atoms with van der Waals surface area (Å²) in [5.74, 6) is 0.865. The molecule has 1 fully saturated rings. The van der Waals surface area contributed by atoms with E-state index < -0.39 is 0 Å². The standard InChI is InChI=1S/C18H23ClN4OS/c1-12-8-13(2)17(16(19)9-12)20-18(25)23-6-4-22(5-7-23)11-15-10-14(3)24-21-15/h8-10H,4-7,11H2,1-3H3,(H,20,25)/p+1. The highest BCUT2D eigenvalue weighted by Crippen LogP contribution is 2.27. The molecule has 2 heterocycles. The molecule has 0 amide bonds. The Morgan fingerprint density at radius 2 is 2.00 bits per heavy atom. The molecule has 1 aromatic carbocycles. The number of hydrogen-bond acceptors (Lipinski definition) is 3. The molecule has 1 aromatic heterocycles. The minimum Gasteiger partial charge on any atom is -0.361 e. The Morgan fingerprint density at radius 1 is 1.28 bits per heavy atom. The van der Waals surface area contributed by atoms with E-state index in [4.69, 9.17) is 28.3 Å². The van der Waals surface area contributed by atoms with Gasteiger partial charge in [0.1, 0.15) is 18.0 Å². The minimum absolute atomic E-state index is 0.713. The molecule has 0 saturated carbocycles. The molecule has 0 atom stereocenters. The van der Waals surface area contributed by atoms with Gasteiger partial charge in [0.05, 0.1) is 36.9 Å². The van der Waals surface area contributed by atoms with E-state index in [-0.39, 0.29) is 0 Å². The van der Waals surface area contributed by atoms with Crippen LogP contribution in [0.25, 0.3) is 0 Å². The maximum Gasteiger partial charge on any atom is 0.173 e. The van der Waals surface area contributed by atoms with E-state index in [0.717, 1.165) is 66.1 Å². The summed E-state index contributed by atoms with van der Waals surface area (Å²) < 4.78 is 5.15. The number of benzene rings is 1. The van der Waals surface area contributed by atoms with Gasteiger partial charge in [0.25, 0.3) is 0 Å². The molecule has 25 heavy (non-hydrogen) atoms. The first-order chi connectivity index (χ1) is 11.9. The number of aromatic nitrogens is 1. The van der Waals surface area contributed by atoms with Gasteiger partial charge < -0.3 is 19.6 Å². The van der Waals surface area contributed by atoms with Gasteiger partial charge in [-0.25, -0.2) is 0 Å². The molecule has 0 aliphatic carbocycles. The van der Waals surface area contributed by atoms with Crippen molar-refractivity contribution in [3.05, 3.63) is 45.8 Å². The van der Waals surface area contributed by atoms with Crippen molar-refractivity contribution in [1.82, 2.24) is 10.1 Å². The monoisotopic (exact) mass is 379 g/mol. The van der Waals surface area contributed by atoms with Gasteiger partial charge in [0, 0.05) is 6.07 Å². The highest BCUT2D eigenvalue weighted by molar-refractivity contribution is 7.80. The van der Waals surface area contributed by atoms with E-state index in [1.807, 2.05) is 32.9 Å². The smallest absolute Gasteiger partial charge is 0.173 e. The van der Waals surface area contributed by atoms with Crippen molar-refractivity contribution in [3.63, 3.8) is 0 Å². The molecule has 134 valence electrons. The van der Waals surface area contributed by atoms with Crippen LogP contribution in [0.1, 0.15) is 22.6 Å². The van der Waals surface area contributed by atoms with Gasteiger partial charge in [-0.05, 0) is 50.2 Å². The highest BCUT2D eigenvalue weighted by atomic mass is 35.5. The van der Waals surface area contributed by atoms with E-state index in [0.29, 0.717) is 5.02 Å². The fourth-order valence-corrected chi connectivity index (χ4v) is 3.87. The Balaban J connectivity index is 1.55. The van der Waals surface area contributed by atoms with Crippen molar-refractivity contribution >= 4 is 34.6 Å². The second kappa shape index (κ2) is 7.72. The third-order valence-electron chi connectivity index (χ3n) is 4.53. The summed E-state index contributed by atoms with van der Waals surface area (Å²) in [6.45, 7) is 10.8. The summed E-state index contributed by atoms with van der Waals surface area (Å²) in [4.78, 5) is 3.71. The van der Waals surface area contributed by atoms with Crippen LogP contribution in [0.5, 0.6) is 0 Å². The van der Waals surface area contributed by atoms with Crippen molar-refractivity contribution in [2.24, 2.45) is 0 Å². The van der Waals surface area contributed by atoms with E-state index in [1.165, 1.54) is 4.90 Å². The molecule has 1 aliphatic heterocycles. The Bertz CT molecular complexity index is 745. The number of halogens is 1. The fourth-order valence-electron chi connectivity index (χ4n) is 3.22. The third kappa shape index (κ3) is 4.51. The van der Waals surface area contributed by atoms with Crippen molar-refractivity contribution in [1.29, 1.82) is 0 Å². The molecule has 0 spiro atoms. The zero-order valence-electron chi connectivity index (χ0n) is 14.9. The molecule has 0 radical (unpaired) electrons. The molecule has 2 aromatic rings. The normalized spacial score (nSPS) is 15.4. The Morgan fingerprint density at radius 3 is 2.60 bits per heavy atom. The highest BCUT2D eigenvalue weighted by Gasteiger charge is 2.23. The molecule has 1 aliphatic rings. The van der Waals surface area contributed by atoms with Crippen LogP contribution in [0.4, 0.5) is 5.69 Å². The molecule has 3 rings (SSSR count). The molecule has 0 bridgehead atoms. The quantitative estimate of drug-likeness (QED) is 0.801. The number of nitrogens with one attached hydrogen (secondary N) is 2. The van der Waals surface area contributed by atoms with Crippen LogP contribution >= 0.6 is 23.8 Å². The molecule has 0 unspecified atom stereocenters. The second-order valence-corrected chi connectivity index (χ2v) is 7.51. The van der Waals surface area contributed by atoms with Gasteiger partial charge >= 0.3 is 0 Å². The SMILES string of the molecule is Cc1cc(C)c(NC(=S)N2CC[NH+](Cc3cc(C)on3)CC2)c(Cl)c1. The van der Waals surface area contributed by atoms with Gasteiger partial charge in [-0.3, -0.25) is 0 Å². The molecular formula is C18H24ClN4OS+. The largest absolute Gasteiger partial charge is 0.361 e. The summed E-state index contributed by atoms with van der Waals surface area (Å²) >= 11 is 12.0. The lowest BCUT2D eigenvalue weighted by Gasteiger charge is -2.33. The van der Waals surface area contributed by atoms with Crippen molar-refractivity contribution in [3.8, 4) is 0 Å². The molecule has 7 heteroatoms. The number of thiocarbonyl (C=S) groups is 1. The first-order valence-corrected chi connectivity index (χ1v) is 9.29. The molecule has 2 N–H and O–H groups in total. The zero-order valence-corrected chi connectivity index (χ0v) is 16.4. The third-order valence-corrected chi connectivity index (χ3v) is 5.19. The van der Waals surface area contributed by atoms with Crippen LogP contribution in [0.15, 0.2) is 22.7 Å². The number of anilines is 1. The molecular weight excluding hydrogens is 356 g/mol. The van der Waals surface area contributed by atoms with Gasteiger partial charge in [-0.15, -0.1) is 0 Å². The van der Waals surface area contributed by atoms with E-state index in [2.05, 4.69) is 21.4 Å². The van der Waals surface area contributed by atoms with Crippen LogP contribution in [-0.4, -0.2) is 41.3 Å². The predicted molar refractivity (Wildman–Crippen MR) is 104 cm³/mol. The maximum atomic E-state index is 6.37. The molecule has 1 saturated heterocycles. The van der Waals surface area contributed by atoms with E-state index in [1.54, 1.807) is 0 Å². The number of hydrogen-bond donors (Lipinski definition) is 2. The molecule has 5 nitrogen and oxygen atoms in total. The van der Waals surface area contributed by atoms with Gasteiger partial charge in [-0.2, -0.15) is 0 Å². The van der Waals surface area contributed by atoms with E-state index in [9.17, 15) is 0 Å². The summed E-state index contributed by atoms with van der Waals surface area (Å²) in [5.41, 5.74) is 4.19. The Labute approximate surface area is 158 Å². The summed E-state index contributed by atoms with van der Waals surface area (Å²) in [6, 6.07) is 6.08. The number of nitrogens with zero attached hydrogens (tertiary/aromatic N) is 2. The summed E-state index contributed by atoms with van der Waals surface area (Å²) in [5, 5.41) is 8.87. The van der Waals surface area contributed by atoms with Gasteiger partial charge in [0.2, 0.25) is 0 Å². The van der Waals surface area contributed by atoms with Gasteiger partial charge in [-0.1, -0.05) is 22.8 Å². The first kappa shape index (κ1) is 18.2. The van der Waals surface area contributed by atoms with Crippen LogP contribution in [0.2, 0.25) is 5.02 Å². The number of rotatable bonds is 3. The average Bonchev–Trinajstić information content (AvgIpc) is 2.96. The van der Waals surface area contributed by atoms with Crippen molar-refractivity contribution in [2.75, 3.05) is 31.5 Å². The van der Waals surface area contributed by atoms with Crippen molar-refractivity contribution in [2.45, 2.75) is 27.3 Å². The fraction of sp³-hybridized carbons (Fsp3) is 0.444. The van der Waals surface area contributed by atoms with Crippen LogP contribution in [0.3, 0.4) is 0 Å². The Hall–Kier alpha value is -1.63. The number of quaternary nitrogens is 1. The lowest BCUT2D eigenvalue weighted by molar-refractivity contribution is -0.917. The first-order valence-electron chi connectivity index (χ1n) is 8.51. The lowest BCUT2D eigenvalue weighted by atomic mass is 10.1. The predicted octanol–water partition coefficient (Wildman–Crippen LogP) is 2.35. The van der Waals surface area contributed by atoms with Gasteiger partial charge in [0.15, 0.2) is 5.11 Å². The van der Waals surface area contributed by atoms with Crippen LogP contribution < -0.4 is 10.2 Å². The van der Waals surface area contributed by atoms with Crippen LogP contribution in [-0.2, 0) is 6.54 Å². The zero-order chi connectivity index (χ0) is 18.0. The lowest BCUT2D eigenvalue weighted by Crippen LogP contribution is -3.13. The second-order valence-electron chi connectivity index (χ2n) is 6.71. The number of piperazine rings is 1. The summed E-state index contributed by atoms with van der Waals surface area (Å²) in [6.07, 6.45) is 0. The van der Waals surface area contributed by atoms with Crippen LogP contribution in [0, 0.1) is 20.8 Å². The minimum atomic E-state index is 0.713. The van der Waals surface area contributed by atoms with Crippen molar-refractivity contribution < 1.29 is 9.42 Å². The Kier molecular flexibility index (Phi) is 5.61.